The molecule has 1 fully saturated rings. The highest BCUT2D eigenvalue weighted by atomic mass is 32.2. The minimum absolute atomic E-state index is 0.205. The highest BCUT2D eigenvalue weighted by molar-refractivity contribution is 8.26. The van der Waals surface area contributed by atoms with E-state index < -0.39 is 0 Å². The number of nitrogens with one attached hydrogen (secondary N) is 1. The molecule has 25 heavy (non-hydrogen) atoms. The number of benzene rings is 1. The Labute approximate surface area is 153 Å². The monoisotopic (exact) mass is 368 g/mol. The second kappa shape index (κ2) is 6.34. The van der Waals surface area contributed by atoms with Crippen LogP contribution in [0.15, 0.2) is 51.9 Å². The van der Waals surface area contributed by atoms with Gasteiger partial charge < -0.3 is 14.5 Å². The average Bonchev–Trinajstić information content (AvgIpc) is 3.16. The summed E-state index contributed by atoms with van der Waals surface area (Å²) in [6.07, 6.45) is 3.43. The first-order valence-corrected chi connectivity index (χ1v) is 8.64. The van der Waals surface area contributed by atoms with Gasteiger partial charge >= 0.3 is 0 Å². The predicted molar refractivity (Wildman–Crippen MR) is 102 cm³/mol. The minimum atomic E-state index is -0.205. The molecule has 0 saturated carbocycles. The first-order valence-electron chi connectivity index (χ1n) is 7.42. The molecule has 3 aromatic rings. The maximum Gasteiger partial charge on any atom is 0.263 e. The minimum Gasteiger partial charge on any atom is -0.496 e. The van der Waals surface area contributed by atoms with E-state index in [9.17, 15) is 4.79 Å². The van der Waals surface area contributed by atoms with Gasteiger partial charge in [0.1, 0.15) is 21.4 Å². The Bertz CT molecular complexity index is 1040. The lowest BCUT2D eigenvalue weighted by molar-refractivity contribution is -0.115. The van der Waals surface area contributed by atoms with Crippen LogP contribution in [0.2, 0.25) is 0 Å². The molecule has 2 aromatic heterocycles. The number of ether oxygens (including phenoxy) is 1. The van der Waals surface area contributed by atoms with E-state index in [2.05, 4.69) is 10.3 Å². The summed E-state index contributed by atoms with van der Waals surface area (Å²) in [5.41, 5.74) is 2.33. The molecule has 1 saturated heterocycles. The fraction of sp³-hybridized carbons (Fsp3) is 0.0556. The fourth-order valence-electron chi connectivity index (χ4n) is 2.58. The van der Waals surface area contributed by atoms with Crippen molar-refractivity contribution in [1.29, 1.82) is 0 Å². The Hall–Kier alpha value is -2.64. The van der Waals surface area contributed by atoms with Crippen molar-refractivity contribution in [3.63, 3.8) is 0 Å². The molecule has 1 aliphatic heterocycles. The number of hydrogen-bond donors (Lipinski definition) is 1. The fourth-order valence-corrected chi connectivity index (χ4v) is 3.60. The van der Waals surface area contributed by atoms with Crippen LogP contribution in [0.3, 0.4) is 0 Å². The molecule has 5 nitrogen and oxygen atoms in total. The number of furan rings is 1. The van der Waals surface area contributed by atoms with Crippen LogP contribution in [0.1, 0.15) is 5.76 Å². The Kier molecular flexibility index (Phi) is 4.03. The molecule has 3 heterocycles. The summed E-state index contributed by atoms with van der Waals surface area (Å²) >= 11 is 6.21. The first kappa shape index (κ1) is 15.9. The van der Waals surface area contributed by atoms with Crippen LogP contribution in [0, 0.1) is 0 Å². The van der Waals surface area contributed by atoms with Crippen LogP contribution in [0.5, 0.6) is 5.75 Å². The van der Waals surface area contributed by atoms with Crippen LogP contribution >= 0.6 is 24.0 Å². The van der Waals surface area contributed by atoms with Crippen LogP contribution in [-0.4, -0.2) is 22.3 Å². The number of thioether (sulfide) groups is 1. The molecule has 1 amide bonds. The van der Waals surface area contributed by atoms with Gasteiger partial charge in [-0.25, -0.2) is 0 Å². The van der Waals surface area contributed by atoms with Crippen molar-refractivity contribution in [2.24, 2.45) is 0 Å². The number of pyridine rings is 1. The van der Waals surface area contributed by atoms with Crippen molar-refractivity contribution in [2.45, 2.75) is 0 Å². The number of carbonyl (C=O) groups is 1. The Morgan fingerprint density at radius 1 is 1.32 bits per heavy atom. The third kappa shape index (κ3) is 3.04. The number of fused-ring (bicyclic) bond motifs is 1. The van der Waals surface area contributed by atoms with E-state index in [1.807, 2.05) is 36.4 Å². The molecule has 0 spiro atoms. The van der Waals surface area contributed by atoms with Gasteiger partial charge in [-0.05, 0) is 18.2 Å². The van der Waals surface area contributed by atoms with E-state index >= 15 is 0 Å². The number of aromatic nitrogens is 1. The van der Waals surface area contributed by atoms with Crippen molar-refractivity contribution >= 4 is 51.3 Å². The summed E-state index contributed by atoms with van der Waals surface area (Å²) in [6, 6.07) is 11.4. The van der Waals surface area contributed by atoms with Crippen molar-refractivity contribution in [3.8, 4) is 17.0 Å². The zero-order chi connectivity index (χ0) is 17.4. The summed E-state index contributed by atoms with van der Waals surface area (Å²) in [6.45, 7) is 0. The highest BCUT2D eigenvalue weighted by Crippen LogP contribution is 2.32. The van der Waals surface area contributed by atoms with Crippen LogP contribution < -0.4 is 10.1 Å². The summed E-state index contributed by atoms with van der Waals surface area (Å²) in [4.78, 5) is 16.8. The summed E-state index contributed by atoms with van der Waals surface area (Å²) < 4.78 is 11.7. The second-order valence-electron chi connectivity index (χ2n) is 5.31. The van der Waals surface area contributed by atoms with E-state index in [0.717, 1.165) is 22.4 Å². The van der Waals surface area contributed by atoms with Gasteiger partial charge in [-0.2, -0.15) is 0 Å². The van der Waals surface area contributed by atoms with Crippen molar-refractivity contribution in [3.05, 3.63) is 53.3 Å². The molecule has 0 bridgehead atoms. The quantitative estimate of drug-likeness (QED) is 0.557. The zero-order valence-corrected chi connectivity index (χ0v) is 14.7. The topological polar surface area (TPSA) is 64.4 Å². The van der Waals surface area contributed by atoms with Gasteiger partial charge in [0.2, 0.25) is 0 Å². The maximum atomic E-state index is 11.8. The number of amides is 1. The standard InChI is InChI=1S/C18H12N2O3S2/c1-22-14-5-3-2-4-12(14)13-8-15-10(9-19-13)6-11(23-15)7-16-17(21)20-18(24)25-16/h2-9H,1H3,(H,20,21,24)/b16-7+. The molecule has 0 aliphatic carbocycles. The Morgan fingerprint density at radius 3 is 2.92 bits per heavy atom. The maximum absolute atomic E-state index is 11.8. The lowest BCUT2D eigenvalue weighted by Crippen LogP contribution is -2.17. The van der Waals surface area contributed by atoms with E-state index in [0.29, 0.717) is 20.6 Å². The van der Waals surface area contributed by atoms with Crippen LogP contribution in [0.4, 0.5) is 0 Å². The molecule has 1 aromatic carbocycles. The number of thiocarbonyl (C=S) groups is 1. The first-order chi connectivity index (χ1) is 12.1. The normalized spacial score (nSPS) is 15.8. The third-order valence-electron chi connectivity index (χ3n) is 3.72. The Balaban J connectivity index is 1.74. The number of methoxy groups -OCH3 is 1. The molecule has 7 heteroatoms. The van der Waals surface area contributed by atoms with E-state index in [-0.39, 0.29) is 5.91 Å². The number of carbonyl (C=O) groups excluding carboxylic acids is 1. The van der Waals surface area contributed by atoms with Gasteiger partial charge in [-0.15, -0.1) is 0 Å². The van der Waals surface area contributed by atoms with Gasteiger partial charge in [0.25, 0.3) is 5.91 Å². The van der Waals surface area contributed by atoms with E-state index in [4.69, 9.17) is 21.4 Å². The number of nitrogens with zero attached hydrogens (tertiary/aromatic N) is 1. The third-order valence-corrected chi connectivity index (χ3v) is 4.88. The number of para-hydroxylation sites is 1. The molecular formula is C18H12N2O3S2. The van der Waals surface area contributed by atoms with E-state index in [1.165, 1.54) is 11.8 Å². The molecule has 0 unspecified atom stereocenters. The van der Waals surface area contributed by atoms with Crippen molar-refractivity contribution in [2.75, 3.05) is 7.11 Å². The zero-order valence-electron chi connectivity index (χ0n) is 13.1. The summed E-state index contributed by atoms with van der Waals surface area (Å²) in [5, 5.41) is 3.44. The Morgan fingerprint density at radius 2 is 2.16 bits per heavy atom. The molecule has 1 N–H and O–H groups in total. The number of hydrogen-bond acceptors (Lipinski definition) is 6. The van der Waals surface area contributed by atoms with Gasteiger partial charge in [0.05, 0.1) is 17.7 Å². The average molecular weight is 368 g/mol. The summed E-state index contributed by atoms with van der Waals surface area (Å²) in [7, 11) is 1.63. The lowest BCUT2D eigenvalue weighted by Gasteiger charge is -2.06. The summed E-state index contributed by atoms with van der Waals surface area (Å²) in [5.74, 6) is 1.12. The van der Waals surface area contributed by atoms with Crippen molar-refractivity contribution < 1.29 is 13.9 Å². The number of rotatable bonds is 3. The van der Waals surface area contributed by atoms with Crippen LogP contribution in [0.25, 0.3) is 28.3 Å². The largest absolute Gasteiger partial charge is 0.496 e. The highest BCUT2D eigenvalue weighted by Gasteiger charge is 2.22. The van der Waals surface area contributed by atoms with Gasteiger partial charge in [-0.1, -0.05) is 36.1 Å². The smallest absolute Gasteiger partial charge is 0.263 e. The molecule has 0 atom stereocenters. The molecule has 124 valence electrons. The second-order valence-corrected chi connectivity index (χ2v) is 7.03. The van der Waals surface area contributed by atoms with Gasteiger partial charge in [0.15, 0.2) is 0 Å². The molecule has 4 rings (SSSR count). The van der Waals surface area contributed by atoms with Gasteiger partial charge in [-0.3, -0.25) is 9.78 Å². The van der Waals surface area contributed by atoms with E-state index in [1.54, 1.807) is 19.4 Å². The van der Waals surface area contributed by atoms with Gasteiger partial charge in [0, 0.05) is 29.3 Å². The molecular weight excluding hydrogens is 356 g/mol. The SMILES string of the molecule is COc1ccccc1-c1cc2oc(/C=C3/SC(=S)NC3=O)cc2cn1. The molecule has 0 radical (unpaired) electrons. The predicted octanol–water partition coefficient (Wildman–Crippen LogP) is 3.99. The van der Waals surface area contributed by atoms with Crippen LogP contribution in [-0.2, 0) is 4.79 Å². The molecule has 1 aliphatic rings. The van der Waals surface area contributed by atoms with Crippen molar-refractivity contribution in [1.82, 2.24) is 10.3 Å². The lowest BCUT2D eigenvalue weighted by atomic mass is 10.1.